The van der Waals surface area contributed by atoms with Gasteiger partial charge in [0.25, 0.3) is 0 Å². The van der Waals surface area contributed by atoms with Crippen molar-refractivity contribution in [2.24, 2.45) is 5.92 Å². The summed E-state index contributed by atoms with van der Waals surface area (Å²) in [6.07, 6.45) is 5.72. The van der Waals surface area contributed by atoms with E-state index in [2.05, 4.69) is 20.1 Å². The number of halogens is 1. The molecule has 32 heavy (non-hydrogen) atoms. The van der Waals surface area contributed by atoms with Gasteiger partial charge in [0.05, 0.1) is 11.0 Å². The number of carbonyl (C=O) groups is 1. The molecule has 2 saturated heterocycles. The minimum Gasteiger partial charge on any atom is -0.381 e. The average Bonchev–Trinajstić information content (AvgIpc) is 3.44. The van der Waals surface area contributed by atoms with E-state index in [9.17, 15) is 4.79 Å². The number of ether oxygens (including phenoxy) is 1. The molecular weight excluding hydrogens is 430 g/mol. The summed E-state index contributed by atoms with van der Waals surface area (Å²) >= 11 is 6.04. The second-order valence-corrected chi connectivity index (χ2v) is 9.27. The Bertz CT molecular complexity index is 1070. The highest BCUT2D eigenvalue weighted by Crippen LogP contribution is 2.26. The van der Waals surface area contributed by atoms with Crippen molar-refractivity contribution in [1.82, 2.24) is 25.0 Å². The Hall–Kier alpha value is -2.45. The number of fused-ring (bicyclic) bond motifs is 1. The van der Waals surface area contributed by atoms with Crippen LogP contribution in [0.15, 0.2) is 22.7 Å². The number of aryl methyl sites for hydroxylation is 1. The molecule has 4 heterocycles. The van der Waals surface area contributed by atoms with Crippen LogP contribution in [0.25, 0.3) is 11.0 Å². The van der Waals surface area contributed by atoms with Crippen LogP contribution in [-0.2, 0) is 22.4 Å². The van der Waals surface area contributed by atoms with Crippen molar-refractivity contribution in [2.75, 3.05) is 26.3 Å². The molecule has 8 nitrogen and oxygen atoms in total. The molecule has 170 valence electrons. The fourth-order valence-corrected chi connectivity index (χ4v) is 4.89. The second kappa shape index (κ2) is 9.58. The zero-order valence-corrected chi connectivity index (χ0v) is 18.8. The van der Waals surface area contributed by atoms with Gasteiger partial charge in [0.1, 0.15) is 5.82 Å². The van der Waals surface area contributed by atoms with Gasteiger partial charge in [-0.2, -0.15) is 4.98 Å². The third-order valence-electron chi connectivity index (χ3n) is 6.47. The molecule has 1 atom stereocenters. The van der Waals surface area contributed by atoms with Gasteiger partial charge in [-0.3, -0.25) is 4.79 Å². The molecule has 9 heteroatoms. The maximum atomic E-state index is 12.8. The van der Waals surface area contributed by atoms with Crippen LogP contribution in [0, 0.1) is 5.92 Å². The molecule has 2 fully saturated rings. The maximum absolute atomic E-state index is 12.8. The highest BCUT2D eigenvalue weighted by atomic mass is 35.5. The van der Waals surface area contributed by atoms with E-state index in [0.717, 1.165) is 81.1 Å². The number of hydrogen-bond donors (Lipinski definition) is 1. The Labute approximate surface area is 191 Å². The van der Waals surface area contributed by atoms with E-state index >= 15 is 0 Å². The number of aromatic amines is 1. The van der Waals surface area contributed by atoms with Crippen molar-refractivity contribution >= 4 is 28.5 Å². The van der Waals surface area contributed by atoms with E-state index < -0.39 is 0 Å². The molecule has 0 radical (unpaired) electrons. The van der Waals surface area contributed by atoms with Crippen molar-refractivity contribution in [3.63, 3.8) is 0 Å². The van der Waals surface area contributed by atoms with Crippen molar-refractivity contribution in [3.8, 4) is 0 Å². The third-order valence-corrected chi connectivity index (χ3v) is 6.71. The Kier molecular flexibility index (Phi) is 6.41. The lowest BCUT2D eigenvalue weighted by Gasteiger charge is -2.32. The summed E-state index contributed by atoms with van der Waals surface area (Å²) in [6, 6.07) is 5.57. The Balaban J connectivity index is 1.14. The van der Waals surface area contributed by atoms with Gasteiger partial charge in [0.2, 0.25) is 11.8 Å². The minimum absolute atomic E-state index is 0.168. The molecule has 5 rings (SSSR count). The molecule has 0 bridgehead atoms. The summed E-state index contributed by atoms with van der Waals surface area (Å²) in [5.74, 6) is 3.16. The smallest absolute Gasteiger partial charge is 0.226 e. The zero-order valence-electron chi connectivity index (χ0n) is 18.1. The molecule has 2 aromatic heterocycles. The van der Waals surface area contributed by atoms with Crippen molar-refractivity contribution in [1.29, 1.82) is 0 Å². The second-order valence-electron chi connectivity index (χ2n) is 8.83. The van der Waals surface area contributed by atoms with Crippen LogP contribution < -0.4 is 0 Å². The predicted molar refractivity (Wildman–Crippen MR) is 120 cm³/mol. The van der Waals surface area contributed by atoms with E-state index in [0.29, 0.717) is 35.6 Å². The number of nitrogens with zero attached hydrogens (tertiary/aromatic N) is 4. The van der Waals surface area contributed by atoms with E-state index in [-0.39, 0.29) is 5.91 Å². The Morgan fingerprint density at radius 3 is 2.97 bits per heavy atom. The van der Waals surface area contributed by atoms with Crippen LogP contribution in [0.5, 0.6) is 0 Å². The predicted octanol–water partition coefficient (Wildman–Crippen LogP) is 3.91. The van der Waals surface area contributed by atoms with Crippen molar-refractivity contribution in [2.45, 2.75) is 50.9 Å². The fourth-order valence-electron chi connectivity index (χ4n) is 4.71. The van der Waals surface area contributed by atoms with Gasteiger partial charge in [-0.1, -0.05) is 16.8 Å². The number of likely N-dealkylation sites (tertiary alicyclic amines) is 1. The first-order valence-electron chi connectivity index (χ1n) is 11.5. The number of rotatable bonds is 6. The van der Waals surface area contributed by atoms with Gasteiger partial charge in [-0.25, -0.2) is 4.98 Å². The number of amides is 1. The van der Waals surface area contributed by atoms with Crippen LogP contribution >= 0.6 is 11.6 Å². The summed E-state index contributed by atoms with van der Waals surface area (Å²) < 4.78 is 10.9. The average molecular weight is 458 g/mol. The summed E-state index contributed by atoms with van der Waals surface area (Å²) in [5.41, 5.74) is 1.77. The number of H-pyrrole nitrogens is 1. The maximum Gasteiger partial charge on any atom is 0.226 e. The molecule has 0 spiro atoms. The first kappa shape index (κ1) is 21.4. The Morgan fingerprint density at radius 1 is 1.22 bits per heavy atom. The molecule has 2 aliphatic heterocycles. The summed E-state index contributed by atoms with van der Waals surface area (Å²) in [5, 5.41) is 4.88. The number of nitrogens with one attached hydrogen (secondary N) is 1. The van der Waals surface area contributed by atoms with Crippen LogP contribution in [0.1, 0.15) is 55.6 Å². The SMILES string of the molecule is O=C(CCc1nc2ccc(Cl)cc2[nH]1)N1CCCC(Cc2nc(C3CCOCC3)no2)C1. The first-order valence-corrected chi connectivity index (χ1v) is 11.8. The highest BCUT2D eigenvalue weighted by molar-refractivity contribution is 6.31. The zero-order chi connectivity index (χ0) is 21.9. The molecular formula is C23H28ClN5O3. The number of piperidine rings is 1. The van der Waals surface area contributed by atoms with Gasteiger partial charge in [0.15, 0.2) is 5.82 Å². The van der Waals surface area contributed by atoms with Crippen molar-refractivity contribution < 1.29 is 14.1 Å². The van der Waals surface area contributed by atoms with E-state index in [1.807, 2.05) is 23.1 Å². The topological polar surface area (TPSA) is 97.1 Å². The van der Waals surface area contributed by atoms with E-state index in [4.69, 9.17) is 20.9 Å². The molecule has 3 aromatic rings. The lowest BCUT2D eigenvalue weighted by atomic mass is 9.94. The van der Waals surface area contributed by atoms with Gasteiger partial charge < -0.3 is 19.1 Å². The van der Waals surface area contributed by atoms with E-state index in [1.54, 1.807) is 0 Å². The van der Waals surface area contributed by atoms with Crippen molar-refractivity contribution in [3.05, 3.63) is 40.8 Å². The first-order chi connectivity index (χ1) is 15.6. The highest BCUT2D eigenvalue weighted by Gasteiger charge is 2.27. The molecule has 0 saturated carbocycles. The van der Waals surface area contributed by atoms with E-state index in [1.165, 1.54) is 0 Å². The van der Waals surface area contributed by atoms with Crippen LogP contribution in [0.3, 0.4) is 0 Å². The lowest BCUT2D eigenvalue weighted by Crippen LogP contribution is -2.40. The molecule has 0 aliphatic carbocycles. The molecule has 1 unspecified atom stereocenters. The normalized spacial score (nSPS) is 20.2. The summed E-state index contributed by atoms with van der Waals surface area (Å²) in [7, 11) is 0. The quantitative estimate of drug-likeness (QED) is 0.602. The molecule has 1 amide bonds. The van der Waals surface area contributed by atoms with Gasteiger partial charge in [-0.15, -0.1) is 0 Å². The van der Waals surface area contributed by atoms with Crippen LogP contribution in [0.2, 0.25) is 5.02 Å². The third kappa shape index (κ3) is 4.96. The number of aromatic nitrogens is 4. The number of benzene rings is 1. The monoisotopic (exact) mass is 457 g/mol. The number of imidazole rings is 1. The lowest BCUT2D eigenvalue weighted by molar-refractivity contribution is -0.133. The largest absolute Gasteiger partial charge is 0.381 e. The molecule has 1 N–H and O–H groups in total. The standard InChI is InChI=1S/C23H28ClN5O3/c24-17-3-4-18-19(13-17)26-20(25-18)5-6-22(30)29-9-1-2-15(14-29)12-21-27-23(28-32-21)16-7-10-31-11-8-16/h3-4,13,15-16H,1-2,5-12,14H2,(H,25,26). The minimum atomic E-state index is 0.168. The summed E-state index contributed by atoms with van der Waals surface area (Å²) in [4.78, 5) is 27.3. The Morgan fingerprint density at radius 2 is 2.09 bits per heavy atom. The van der Waals surface area contributed by atoms with Crippen LogP contribution in [-0.4, -0.2) is 57.2 Å². The fraction of sp³-hybridized carbons (Fsp3) is 0.565. The summed E-state index contributed by atoms with van der Waals surface area (Å²) in [6.45, 7) is 3.07. The number of carbonyl (C=O) groups excluding carboxylic acids is 1. The molecule has 1 aromatic carbocycles. The van der Waals surface area contributed by atoms with Gasteiger partial charge in [-0.05, 0) is 49.8 Å². The molecule has 2 aliphatic rings. The van der Waals surface area contributed by atoms with Crippen LogP contribution in [0.4, 0.5) is 0 Å². The number of hydrogen-bond acceptors (Lipinski definition) is 6. The van der Waals surface area contributed by atoms with Gasteiger partial charge >= 0.3 is 0 Å². The van der Waals surface area contributed by atoms with Gasteiger partial charge in [0, 0.05) is 56.5 Å².